The molecule has 0 aliphatic carbocycles. The molecular formula is C19H24N4O2. The summed E-state index contributed by atoms with van der Waals surface area (Å²) in [6, 6.07) is 9.69. The highest BCUT2D eigenvalue weighted by Gasteiger charge is 2.27. The van der Waals surface area contributed by atoms with Crippen molar-refractivity contribution in [3.63, 3.8) is 0 Å². The molecule has 2 aromatic heterocycles. The molecule has 0 radical (unpaired) electrons. The van der Waals surface area contributed by atoms with Gasteiger partial charge in [-0.15, -0.1) is 0 Å². The molecular weight excluding hydrogens is 316 g/mol. The fourth-order valence-corrected chi connectivity index (χ4v) is 3.18. The van der Waals surface area contributed by atoms with Crippen LogP contribution in [-0.4, -0.2) is 54.1 Å². The molecule has 1 atom stereocenters. The molecule has 3 rings (SSSR count). The Morgan fingerprint density at radius 3 is 2.84 bits per heavy atom. The minimum absolute atomic E-state index is 0.0146. The summed E-state index contributed by atoms with van der Waals surface area (Å²) < 4.78 is 5.05. The van der Waals surface area contributed by atoms with Gasteiger partial charge in [-0.2, -0.15) is 0 Å². The van der Waals surface area contributed by atoms with E-state index in [2.05, 4.69) is 14.9 Å². The number of carbonyl (C=O) groups excluding carboxylic acids is 1. The molecule has 25 heavy (non-hydrogen) atoms. The van der Waals surface area contributed by atoms with Gasteiger partial charge in [-0.05, 0) is 38.0 Å². The average Bonchev–Trinajstić information content (AvgIpc) is 2.67. The lowest BCUT2D eigenvalue weighted by molar-refractivity contribution is 0.0716. The van der Waals surface area contributed by atoms with Gasteiger partial charge >= 0.3 is 0 Å². The van der Waals surface area contributed by atoms with Crippen molar-refractivity contribution in [3.05, 3.63) is 47.8 Å². The number of amides is 1. The van der Waals surface area contributed by atoms with Crippen LogP contribution in [0.2, 0.25) is 0 Å². The second-order valence-electron chi connectivity index (χ2n) is 6.38. The topological polar surface area (TPSA) is 58.6 Å². The third-order valence-corrected chi connectivity index (χ3v) is 4.65. The molecule has 6 heteroatoms. The molecule has 0 aromatic carbocycles. The van der Waals surface area contributed by atoms with E-state index in [0.29, 0.717) is 11.4 Å². The van der Waals surface area contributed by atoms with Crippen LogP contribution in [0.3, 0.4) is 0 Å². The number of aryl methyl sites for hydroxylation is 1. The normalized spacial score (nSPS) is 17.2. The summed E-state index contributed by atoms with van der Waals surface area (Å²) in [4.78, 5) is 25.6. The Balaban J connectivity index is 1.70. The summed E-state index contributed by atoms with van der Waals surface area (Å²) in [6.07, 6.45) is 3.60. The molecule has 0 spiro atoms. The van der Waals surface area contributed by atoms with Crippen LogP contribution in [0.25, 0.3) is 0 Å². The van der Waals surface area contributed by atoms with Crippen LogP contribution in [0.1, 0.15) is 28.9 Å². The molecule has 132 valence electrons. The van der Waals surface area contributed by atoms with Crippen LogP contribution in [-0.2, 0) is 0 Å². The number of carbonyl (C=O) groups is 1. The Bertz CT molecular complexity index is 732. The number of hydrogen-bond acceptors (Lipinski definition) is 5. The van der Waals surface area contributed by atoms with Gasteiger partial charge in [-0.25, -0.2) is 9.97 Å². The van der Waals surface area contributed by atoms with Gasteiger partial charge in [0.1, 0.15) is 5.82 Å². The van der Waals surface area contributed by atoms with Crippen molar-refractivity contribution in [1.82, 2.24) is 14.9 Å². The molecule has 0 saturated carbocycles. The maximum Gasteiger partial charge on any atom is 0.255 e. The second-order valence-corrected chi connectivity index (χ2v) is 6.38. The summed E-state index contributed by atoms with van der Waals surface area (Å²) in [7, 11) is 3.43. The zero-order valence-corrected chi connectivity index (χ0v) is 15.0. The molecule has 0 unspecified atom stereocenters. The summed E-state index contributed by atoms with van der Waals surface area (Å²) in [6.45, 7) is 3.76. The highest BCUT2D eigenvalue weighted by atomic mass is 16.5. The van der Waals surface area contributed by atoms with E-state index in [4.69, 9.17) is 4.74 Å². The van der Waals surface area contributed by atoms with Crippen LogP contribution < -0.4 is 9.64 Å². The van der Waals surface area contributed by atoms with Crippen molar-refractivity contribution in [2.75, 3.05) is 32.1 Å². The SMILES string of the molecule is COc1ccc(C(=O)N(C)[C@@H]2CCCN(c3cccc(C)n3)C2)cn1. The van der Waals surface area contributed by atoms with Crippen LogP contribution in [0, 0.1) is 6.92 Å². The van der Waals surface area contributed by atoms with E-state index in [0.717, 1.165) is 37.4 Å². The lowest BCUT2D eigenvalue weighted by Crippen LogP contribution is -2.48. The molecule has 1 aliphatic rings. The fourth-order valence-electron chi connectivity index (χ4n) is 3.18. The van der Waals surface area contributed by atoms with Crippen molar-refractivity contribution < 1.29 is 9.53 Å². The molecule has 0 N–H and O–H groups in total. The third kappa shape index (κ3) is 3.90. The van der Waals surface area contributed by atoms with Gasteiger partial charge in [0.15, 0.2) is 0 Å². The van der Waals surface area contributed by atoms with E-state index >= 15 is 0 Å². The first-order chi connectivity index (χ1) is 12.1. The lowest BCUT2D eigenvalue weighted by atomic mass is 10.0. The Morgan fingerprint density at radius 2 is 2.16 bits per heavy atom. The maximum atomic E-state index is 12.8. The van der Waals surface area contributed by atoms with E-state index in [9.17, 15) is 4.79 Å². The largest absolute Gasteiger partial charge is 0.481 e. The number of anilines is 1. The first-order valence-corrected chi connectivity index (χ1v) is 8.54. The quantitative estimate of drug-likeness (QED) is 0.856. The van der Waals surface area contributed by atoms with Crippen LogP contribution in [0.4, 0.5) is 5.82 Å². The van der Waals surface area contributed by atoms with Crippen molar-refractivity contribution in [2.24, 2.45) is 0 Å². The number of piperidine rings is 1. The van der Waals surface area contributed by atoms with E-state index in [-0.39, 0.29) is 11.9 Å². The Kier molecular flexibility index (Phi) is 5.16. The molecule has 3 heterocycles. The van der Waals surface area contributed by atoms with Crippen LogP contribution >= 0.6 is 0 Å². The van der Waals surface area contributed by atoms with Gasteiger partial charge in [0.05, 0.1) is 12.7 Å². The standard InChI is InChI=1S/C19H24N4O2/c1-14-6-4-8-17(21-14)23-11-5-7-16(13-23)22(2)19(24)15-9-10-18(25-3)20-12-15/h4,6,8-10,12,16H,5,7,11,13H2,1-3H3/t16-/m1/s1. The fraction of sp³-hybridized carbons (Fsp3) is 0.421. The number of aromatic nitrogens is 2. The number of hydrogen-bond donors (Lipinski definition) is 0. The van der Waals surface area contributed by atoms with Crippen LogP contribution in [0.15, 0.2) is 36.5 Å². The van der Waals surface area contributed by atoms with Crippen LogP contribution in [0.5, 0.6) is 5.88 Å². The number of methoxy groups -OCH3 is 1. The minimum atomic E-state index is -0.0146. The molecule has 0 bridgehead atoms. The van der Waals surface area contributed by atoms with Gasteiger partial charge in [0.2, 0.25) is 5.88 Å². The predicted octanol–water partition coefficient (Wildman–Crippen LogP) is 2.53. The van der Waals surface area contributed by atoms with Crippen molar-refractivity contribution in [1.29, 1.82) is 0 Å². The Hall–Kier alpha value is -2.63. The van der Waals surface area contributed by atoms with Gasteiger partial charge in [0, 0.05) is 44.1 Å². The van der Waals surface area contributed by atoms with Gasteiger partial charge in [0.25, 0.3) is 5.91 Å². The van der Waals surface area contributed by atoms with Crippen molar-refractivity contribution >= 4 is 11.7 Å². The number of likely N-dealkylation sites (N-methyl/N-ethyl adjacent to an activating group) is 1. The Labute approximate surface area is 148 Å². The number of ether oxygens (including phenoxy) is 1. The monoisotopic (exact) mass is 340 g/mol. The third-order valence-electron chi connectivity index (χ3n) is 4.65. The smallest absolute Gasteiger partial charge is 0.255 e. The Morgan fingerprint density at radius 1 is 1.32 bits per heavy atom. The molecule has 1 aliphatic heterocycles. The molecule has 2 aromatic rings. The van der Waals surface area contributed by atoms with Gasteiger partial charge in [-0.1, -0.05) is 6.07 Å². The zero-order chi connectivity index (χ0) is 17.8. The zero-order valence-electron chi connectivity index (χ0n) is 15.0. The predicted molar refractivity (Wildman–Crippen MR) is 97.1 cm³/mol. The van der Waals surface area contributed by atoms with Crippen molar-refractivity contribution in [2.45, 2.75) is 25.8 Å². The van der Waals surface area contributed by atoms with E-state index in [1.54, 1.807) is 25.4 Å². The number of rotatable bonds is 4. The highest BCUT2D eigenvalue weighted by Crippen LogP contribution is 2.22. The number of nitrogens with zero attached hydrogens (tertiary/aromatic N) is 4. The van der Waals surface area contributed by atoms with Crippen molar-refractivity contribution in [3.8, 4) is 5.88 Å². The molecule has 6 nitrogen and oxygen atoms in total. The first-order valence-electron chi connectivity index (χ1n) is 8.54. The summed E-state index contributed by atoms with van der Waals surface area (Å²) in [5, 5.41) is 0. The second kappa shape index (κ2) is 7.51. The minimum Gasteiger partial charge on any atom is -0.481 e. The molecule has 1 fully saturated rings. The lowest BCUT2D eigenvalue weighted by Gasteiger charge is -2.38. The van der Waals surface area contributed by atoms with E-state index in [1.165, 1.54) is 0 Å². The van der Waals surface area contributed by atoms with Gasteiger partial charge < -0.3 is 14.5 Å². The summed E-state index contributed by atoms with van der Waals surface area (Å²) in [5.41, 5.74) is 1.59. The van der Waals surface area contributed by atoms with E-state index < -0.39 is 0 Å². The highest BCUT2D eigenvalue weighted by molar-refractivity contribution is 5.94. The first kappa shape index (κ1) is 17.2. The summed E-state index contributed by atoms with van der Waals surface area (Å²) in [5.74, 6) is 1.48. The van der Waals surface area contributed by atoms with E-state index in [1.807, 2.05) is 37.1 Å². The average molecular weight is 340 g/mol. The summed E-state index contributed by atoms with van der Waals surface area (Å²) >= 11 is 0. The molecule has 1 saturated heterocycles. The number of pyridine rings is 2. The maximum absolute atomic E-state index is 12.8. The van der Waals surface area contributed by atoms with Gasteiger partial charge in [-0.3, -0.25) is 4.79 Å². The molecule has 1 amide bonds.